The van der Waals surface area contributed by atoms with E-state index in [4.69, 9.17) is 0 Å². The van der Waals surface area contributed by atoms with E-state index in [1.807, 2.05) is 23.4 Å². The molecule has 0 aliphatic carbocycles. The van der Waals surface area contributed by atoms with Crippen LogP contribution in [0.4, 0.5) is 0 Å². The van der Waals surface area contributed by atoms with Crippen molar-refractivity contribution in [1.82, 2.24) is 9.88 Å². The number of rotatable bonds is 2. The molecule has 1 aromatic heterocycles. The quantitative estimate of drug-likeness (QED) is 0.757. The van der Waals surface area contributed by atoms with Crippen molar-refractivity contribution >= 4 is 17.7 Å². The summed E-state index contributed by atoms with van der Waals surface area (Å²) in [4.78, 5) is 18.1. The predicted molar refractivity (Wildman–Crippen MR) is 70.0 cm³/mol. The molecule has 2 rings (SSSR count). The van der Waals surface area contributed by atoms with E-state index >= 15 is 0 Å². The number of thioether (sulfide) groups is 1. The average Bonchev–Trinajstić information content (AvgIpc) is 2.38. The lowest BCUT2D eigenvalue weighted by atomic mass is 9.96. The zero-order valence-corrected chi connectivity index (χ0v) is 11.2. The maximum absolute atomic E-state index is 11.7. The topological polar surface area (TPSA) is 33.2 Å². The molecule has 1 unspecified atom stereocenters. The van der Waals surface area contributed by atoms with Crippen molar-refractivity contribution in [1.29, 1.82) is 0 Å². The third-order valence-electron chi connectivity index (χ3n) is 3.26. The van der Waals surface area contributed by atoms with Crippen molar-refractivity contribution in [3.8, 4) is 0 Å². The first kappa shape index (κ1) is 12.4. The smallest absolute Gasteiger partial charge is 0.219 e. The van der Waals surface area contributed by atoms with E-state index in [0.717, 1.165) is 24.4 Å². The Balaban J connectivity index is 2.32. The first-order valence-corrected chi connectivity index (χ1v) is 7.22. The fourth-order valence-corrected chi connectivity index (χ4v) is 3.07. The molecule has 1 amide bonds. The summed E-state index contributed by atoms with van der Waals surface area (Å²) in [5.74, 6) is 0.172. The van der Waals surface area contributed by atoms with Gasteiger partial charge in [0.25, 0.3) is 0 Å². The largest absolute Gasteiger partial charge is 0.336 e. The summed E-state index contributed by atoms with van der Waals surface area (Å²) in [7, 11) is 0. The summed E-state index contributed by atoms with van der Waals surface area (Å²) < 4.78 is 0. The van der Waals surface area contributed by atoms with Crippen LogP contribution in [0.25, 0.3) is 0 Å². The van der Waals surface area contributed by atoms with Crippen LogP contribution < -0.4 is 0 Å². The van der Waals surface area contributed by atoms with E-state index in [2.05, 4.69) is 11.1 Å². The van der Waals surface area contributed by atoms with E-state index < -0.39 is 0 Å². The van der Waals surface area contributed by atoms with Crippen molar-refractivity contribution in [3.63, 3.8) is 0 Å². The lowest BCUT2D eigenvalue weighted by molar-refractivity contribution is -0.132. The molecule has 0 saturated carbocycles. The molecule has 2 heterocycles. The number of piperidine rings is 1. The molecule has 1 fully saturated rings. The van der Waals surface area contributed by atoms with Crippen LogP contribution in [-0.4, -0.2) is 28.6 Å². The third-order valence-corrected chi connectivity index (χ3v) is 3.99. The molecule has 1 atom stereocenters. The van der Waals surface area contributed by atoms with E-state index in [1.54, 1.807) is 18.7 Å². The second-order valence-electron chi connectivity index (χ2n) is 4.33. The molecular weight excluding hydrogens is 232 g/mol. The number of hydrogen-bond acceptors (Lipinski definition) is 3. The van der Waals surface area contributed by atoms with Gasteiger partial charge >= 0.3 is 0 Å². The number of carbonyl (C=O) groups is 1. The van der Waals surface area contributed by atoms with Crippen molar-refractivity contribution in [2.24, 2.45) is 0 Å². The summed E-state index contributed by atoms with van der Waals surface area (Å²) in [6, 6.07) is 4.28. The Labute approximate surface area is 107 Å². The summed E-state index contributed by atoms with van der Waals surface area (Å²) in [6.07, 6.45) is 7.21. The van der Waals surface area contributed by atoms with Crippen molar-refractivity contribution in [3.05, 3.63) is 23.9 Å². The lowest BCUT2D eigenvalue weighted by Crippen LogP contribution is -2.37. The molecular formula is C13H18N2OS. The summed E-state index contributed by atoms with van der Waals surface area (Å²) >= 11 is 1.65. The molecule has 3 nitrogen and oxygen atoms in total. The van der Waals surface area contributed by atoms with Crippen molar-refractivity contribution in [2.75, 3.05) is 12.8 Å². The summed E-state index contributed by atoms with van der Waals surface area (Å²) in [6.45, 7) is 2.54. The highest BCUT2D eigenvalue weighted by atomic mass is 32.2. The SMILES string of the molecule is CSc1ncccc1C1CCCCN1C(C)=O. The molecule has 17 heavy (non-hydrogen) atoms. The van der Waals surface area contributed by atoms with Crippen LogP contribution in [0.5, 0.6) is 0 Å². The second-order valence-corrected chi connectivity index (χ2v) is 5.12. The van der Waals surface area contributed by atoms with E-state index in [-0.39, 0.29) is 11.9 Å². The first-order valence-electron chi connectivity index (χ1n) is 6.00. The molecule has 0 aromatic carbocycles. The Kier molecular flexibility index (Phi) is 4.05. The predicted octanol–water partition coefficient (Wildman–Crippen LogP) is 2.88. The van der Waals surface area contributed by atoms with Gasteiger partial charge in [-0.2, -0.15) is 0 Å². The number of likely N-dealkylation sites (tertiary alicyclic amines) is 1. The maximum atomic E-state index is 11.7. The van der Waals surface area contributed by atoms with Crippen LogP contribution in [0.2, 0.25) is 0 Å². The van der Waals surface area contributed by atoms with Crippen molar-refractivity contribution < 1.29 is 4.79 Å². The first-order chi connectivity index (χ1) is 8.24. The average molecular weight is 250 g/mol. The van der Waals surface area contributed by atoms with Crippen LogP contribution in [-0.2, 0) is 4.79 Å². The number of carbonyl (C=O) groups excluding carboxylic acids is 1. The van der Waals surface area contributed by atoms with Gasteiger partial charge < -0.3 is 4.90 Å². The minimum Gasteiger partial charge on any atom is -0.336 e. The van der Waals surface area contributed by atoms with Gasteiger partial charge in [-0.05, 0) is 31.6 Å². The molecule has 0 spiro atoms. The second kappa shape index (κ2) is 5.54. The standard InChI is InChI=1S/C13H18N2OS/c1-10(16)15-9-4-3-7-12(15)11-6-5-8-14-13(11)17-2/h5-6,8,12H,3-4,7,9H2,1-2H3. The highest BCUT2D eigenvalue weighted by Crippen LogP contribution is 2.34. The molecule has 1 aromatic rings. The minimum absolute atomic E-state index is 0.172. The number of hydrogen-bond donors (Lipinski definition) is 0. The van der Waals surface area contributed by atoms with Gasteiger partial charge in [0.2, 0.25) is 5.91 Å². The highest BCUT2D eigenvalue weighted by molar-refractivity contribution is 7.98. The fraction of sp³-hybridized carbons (Fsp3) is 0.538. The fourth-order valence-electron chi connectivity index (χ4n) is 2.46. The molecule has 0 radical (unpaired) electrons. The van der Waals surface area contributed by atoms with E-state index in [0.29, 0.717) is 0 Å². The van der Waals surface area contributed by atoms with Crippen LogP contribution in [0.3, 0.4) is 0 Å². The van der Waals surface area contributed by atoms with Gasteiger partial charge in [0.1, 0.15) is 5.03 Å². The van der Waals surface area contributed by atoms with Gasteiger partial charge in [-0.3, -0.25) is 4.79 Å². The molecule has 1 saturated heterocycles. The molecule has 92 valence electrons. The van der Waals surface area contributed by atoms with Gasteiger partial charge in [-0.15, -0.1) is 11.8 Å². The highest BCUT2D eigenvalue weighted by Gasteiger charge is 2.27. The van der Waals surface area contributed by atoms with Gasteiger partial charge in [0, 0.05) is 25.2 Å². The minimum atomic E-state index is 0.172. The monoisotopic (exact) mass is 250 g/mol. The van der Waals surface area contributed by atoms with Crippen LogP contribution in [0.1, 0.15) is 37.8 Å². The molecule has 1 aliphatic heterocycles. The van der Waals surface area contributed by atoms with E-state index in [9.17, 15) is 4.79 Å². The normalized spacial score (nSPS) is 20.4. The van der Waals surface area contributed by atoms with E-state index in [1.165, 1.54) is 12.0 Å². The number of pyridine rings is 1. The molecule has 4 heteroatoms. The zero-order chi connectivity index (χ0) is 12.3. The van der Waals surface area contributed by atoms with Gasteiger partial charge in [-0.1, -0.05) is 6.07 Å². The Morgan fingerprint density at radius 3 is 3.06 bits per heavy atom. The zero-order valence-electron chi connectivity index (χ0n) is 10.3. The van der Waals surface area contributed by atoms with Gasteiger partial charge in [0.15, 0.2) is 0 Å². The molecule has 0 N–H and O–H groups in total. The Morgan fingerprint density at radius 2 is 2.35 bits per heavy atom. The molecule has 1 aliphatic rings. The summed E-state index contributed by atoms with van der Waals surface area (Å²) in [5, 5.41) is 1.05. The third kappa shape index (κ3) is 2.63. The number of aromatic nitrogens is 1. The van der Waals surface area contributed by atoms with Gasteiger partial charge in [-0.25, -0.2) is 4.98 Å². The van der Waals surface area contributed by atoms with Gasteiger partial charge in [0.05, 0.1) is 6.04 Å². The van der Waals surface area contributed by atoms with Crippen LogP contribution in [0, 0.1) is 0 Å². The number of nitrogens with zero attached hydrogens (tertiary/aromatic N) is 2. The Hall–Kier alpha value is -1.03. The maximum Gasteiger partial charge on any atom is 0.219 e. The van der Waals surface area contributed by atoms with Crippen molar-refractivity contribution in [2.45, 2.75) is 37.3 Å². The summed E-state index contributed by atoms with van der Waals surface area (Å²) in [5.41, 5.74) is 1.20. The van der Waals surface area contributed by atoms with Crippen LogP contribution >= 0.6 is 11.8 Å². The number of amides is 1. The lowest BCUT2D eigenvalue weighted by Gasteiger charge is -2.35. The van der Waals surface area contributed by atoms with Crippen LogP contribution in [0.15, 0.2) is 23.4 Å². The molecule has 0 bridgehead atoms. The Bertz CT molecular complexity index is 408. The Morgan fingerprint density at radius 1 is 1.53 bits per heavy atom.